The number of rotatable bonds is 10. The van der Waals surface area contributed by atoms with E-state index in [0.717, 1.165) is 34.0 Å². The minimum absolute atomic E-state index is 0.0590. The maximum absolute atomic E-state index is 12.3. The third-order valence-electron chi connectivity index (χ3n) is 5.22. The number of alkyl carbamates (subject to hydrolysis) is 1. The lowest BCUT2D eigenvalue weighted by Gasteiger charge is -2.18. The van der Waals surface area contributed by atoms with Crippen LogP contribution >= 0.6 is 11.8 Å². The Kier molecular flexibility index (Phi) is 7.57. The van der Waals surface area contributed by atoms with Crippen LogP contribution in [-0.4, -0.2) is 51.9 Å². The summed E-state index contributed by atoms with van der Waals surface area (Å²) in [4.78, 5) is 35.1. The number of carbonyl (C=O) groups excluding carboxylic acids is 1. The van der Waals surface area contributed by atoms with E-state index in [0.29, 0.717) is 12.8 Å². The summed E-state index contributed by atoms with van der Waals surface area (Å²) in [6.45, 7) is 1.94. The first-order valence-electron chi connectivity index (χ1n) is 10.1. The molecule has 2 unspecified atom stereocenters. The number of thioether (sulfide) groups is 1. The van der Waals surface area contributed by atoms with Crippen LogP contribution < -0.4 is 5.32 Å². The Labute approximate surface area is 184 Å². The highest BCUT2D eigenvalue weighted by atomic mass is 32.2. The number of amides is 1. The van der Waals surface area contributed by atoms with Gasteiger partial charge in [0.25, 0.3) is 0 Å². The number of ether oxygens (including phenoxy) is 1. The van der Waals surface area contributed by atoms with Gasteiger partial charge in [-0.05, 0) is 28.7 Å². The Morgan fingerprint density at radius 3 is 2.10 bits per heavy atom. The summed E-state index contributed by atoms with van der Waals surface area (Å²) in [6.07, 6.45) is 0.260. The molecule has 2 atom stereocenters. The number of benzene rings is 2. The highest BCUT2D eigenvalue weighted by Crippen LogP contribution is 2.44. The van der Waals surface area contributed by atoms with Crippen LogP contribution in [0.2, 0.25) is 0 Å². The van der Waals surface area contributed by atoms with Gasteiger partial charge in [0.15, 0.2) is 0 Å². The van der Waals surface area contributed by atoms with Gasteiger partial charge in [-0.25, -0.2) is 9.59 Å². The fraction of sp³-hybridized carbons (Fsp3) is 0.348. The number of nitrogens with one attached hydrogen (secondary N) is 1. The van der Waals surface area contributed by atoms with Gasteiger partial charge in [0.05, 0.1) is 0 Å². The molecule has 0 bridgehead atoms. The highest BCUT2D eigenvalue weighted by molar-refractivity contribution is 8.00. The second kappa shape index (κ2) is 10.3. The molecule has 1 aliphatic rings. The van der Waals surface area contributed by atoms with Crippen molar-refractivity contribution < 1.29 is 29.3 Å². The first-order valence-corrected chi connectivity index (χ1v) is 11.2. The van der Waals surface area contributed by atoms with Crippen molar-refractivity contribution in [2.75, 3.05) is 12.4 Å². The lowest BCUT2D eigenvalue weighted by atomic mass is 9.98. The summed E-state index contributed by atoms with van der Waals surface area (Å²) >= 11 is 1.01. The van der Waals surface area contributed by atoms with Crippen molar-refractivity contribution in [1.29, 1.82) is 0 Å². The van der Waals surface area contributed by atoms with Gasteiger partial charge in [-0.1, -0.05) is 61.9 Å². The second-order valence-corrected chi connectivity index (χ2v) is 8.55. The number of hydrogen-bond donors (Lipinski definition) is 3. The molecule has 0 aromatic heterocycles. The van der Waals surface area contributed by atoms with Crippen molar-refractivity contribution >= 4 is 29.8 Å². The summed E-state index contributed by atoms with van der Waals surface area (Å²) in [6, 6.07) is 14.6. The van der Waals surface area contributed by atoms with E-state index < -0.39 is 29.3 Å². The van der Waals surface area contributed by atoms with Gasteiger partial charge in [-0.15, -0.1) is 11.8 Å². The zero-order chi connectivity index (χ0) is 22.4. The Morgan fingerprint density at radius 2 is 1.58 bits per heavy atom. The number of carboxylic acids is 2. The molecule has 0 aliphatic heterocycles. The van der Waals surface area contributed by atoms with Crippen LogP contribution in [0.5, 0.6) is 0 Å². The molecule has 7 nitrogen and oxygen atoms in total. The molecule has 1 aliphatic carbocycles. The van der Waals surface area contributed by atoms with Gasteiger partial charge in [0.1, 0.15) is 17.9 Å². The fourth-order valence-corrected chi connectivity index (χ4v) is 4.91. The molecule has 0 heterocycles. The Balaban J connectivity index is 1.61. The van der Waals surface area contributed by atoms with Crippen molar-refractivity contribution in [2.45, 2.75) is 37.0 Å². The van der Waals surface area contributed by atoms with Gasteiger partial charge in [-0.3, -0.25) is 4.79 Å². The zero-order valence-electron chi connectivity index (χ0n) is 17.1. The normalized spacial score (nSPS) is 14.2. The Bertz CT molecular complexity index is 917. The monoisotopic (exact) mass is 443 g/mol. The molecule has 2 aromatic rings. The summed E-state index contributed by atoms with van der Waals surface area (Å²) in [7, 11) is 0. The first kappa shape index (κ1) is 22.7. The summed E-state index contributed by atoms with van der Waals surface area (Å²) in [5.74, 6) is -2.41. The first-order chi connectivity index (χ1) is 14.9. The fourth-order valence-electron chi connectivity index (χ4n) is 3.71. The van der Waals surface area contributed by atoms with E-state index in [2.05, 4.69) is 5.32 Å². The average Bonchev–Trinajstić information content (AvgIpc) is 3.07. The van der Waals surface area contributed by atoms with Crippen LogP contribution in [0.4, 0.5) is 4.79 Å². The molecular formula is C23H25NO6S. The Morgan fingerprint density at radius 1 is 1.00 bits per heavy atom. The molecule has 0 saturated carbocycles. The molecule has 31 heavy (non-hydrogen) atoms. The maximum atomic E-state index is 12.3. The van der Waals surface area contributed by atoms with Crippen molar-refractivity contribution in [3.63, 3.8) is 0 Å². The van der Waals surface area contributed by atoms with Gasteiger partial charge in [0, 0.05) is 11.7 Å². The molecule has 8 heteroatoms. The summed E-state index contributed by atoms with van der Waals surface area (Å²) in [5, 5.41) is 20.3. The van der Waals surface area contributed by atoms with Crippen LogP contribution in [0.3, 0.4) is 0 Å². The molecule has 3 N–H and O–H groups in total. The largest absolute Gasteiger partial charge is 0.480 e. The second-order valence-electron chi connectivity index (χ2n) is 7.31. The number of hydrogen-bond acceptors (Lipinski definition) is 5. The average molecular weight is 444 g/mol. The number of fused-ring (bicyclic) bond motifs is 3. The van der Waals surface area contributed by atoms with Gasteiger partial charge >= 0.3 is 18.0 Å². The van der Waals surface area contributed by atoms with Crippen LogP contribution in [0, 0.1) is 0 Å². The van der Waals surface area contributed by atoms with E-state index in [1.165, 1.54) is 0 Å². The standard InChI is InChI=1S/C23H25NO6S/c1-2-7-20(22(27)28)31-13-19(21(25)26)24-23(29)30-12-18-16-10-5-3-8-14(16)15-9-4-6-11-17(15)18/h3-6,8-11,18-20H,2,7,12-13H2,1H3,(H,24,29)(H,25,26)(H,27,28). The smallest absolute Gasteiger partial charge is 0.407 e. The third kappa shape index (κ3) is 5.38. The van der Waals surface area contributed by atoms with Crippen LogP contribution in [0.15, 0.2) is 48.5 Å². The zero-order valence-corrected chi connectivity index (χ0v) is 17.9. The third-order valence-corrected chi connectivity index (χ3v) is 6.59. The van der Waals surface area contributed by atoms with E-state index >= 15 is 0 Å². The number of carboxylic acid groups (broad SMARTS) is 2. The molecule has 3 rings (SSSR count). The molecule has 0 radical (unpaired) electrons. The number of aliphatic carboxylic acids is 2. The van der Waals surface area contributed by atoms with E-state index in [4.69, 9.17) is 4.74 Å². The van der Waals surface area contributed by atoms with Crippen molar-refractivity contribution in [2.24, 2.45) is 0 Å². The minimum Gasteiger partial charge on any atom is -0.480 e. The molecule has 2 aromatic carbocycles. The van der Waals surface area contributed by atoms with Gasteiger partial charge in [-0.2, -0.15) is 0 Å². The van der Waals surface area contributed by atoms with Gasteiger partial charge in [0.2, 0.25) is 0 Å². The van der Waals surface area contributed by atoms with E-state index in [9.17, 15) is 24.6 Å². The minimum atomic E-state index is -1.24. The van der Waals surface area contributed by atoms with E-state index in [1.807, 2.05) is 55.5 Å². The van der Waals surface area contributed by atoms with Crippen molar-refractivity contribution in [3.05, 3.63) is 59.7 Å². The molecular weight excluding hydrogens is 418 g/mol. The number of carbonyl (C=O) groups is 3. The quantitative estimate of drug-likeness (QED) is 0.509. The van der Waals surface area contributed by atoms with Crippen molar-refractivity contribution in [1.82, 2.24) is 5.32 Å². The molecule has 0 fully saturated rings. The molecule has 0 spiro atoms. The molecule has 1 amide bonds. The highest BCUT2D eigenvalue weighted by Gasteiger charge is 2.30. The predicted octanol–water partition coefficient (Wildman–Crippen LogP) is 3.96. The van der Waals surface area contributed by atoms with Crippen molar-refractivity contribution in [3.8, 4) is 11.1 Å². The SMILES string of the molecule is CCCC(SCC(NC(=O)OCC1c2ccccc2-c2ccccc21)C(=O)O)C(=O)O. The lowest BCUT2D eigenvalue weighted by Crippen LogP contribution is -2.43. The van der Waals surface area contributed by atoms with Gasteiger partial charge < -0.3 is 20.3 Å². The van der Waals surface area contributed by atoms with Crippen LogP contribution in [-0.2, 0) is 14.3 Å². The molecule has 0 saturated heterocycles. The van der Waals surface area contributed by atoms with E-state index in [-0.39, 0.29) is 18.3 Å². The Hall–Kier alpha value is -3.00. The van der Waals surface area contributed by atoms with Crippen LogP contribution in [0.25, 0.3) is 11.1 Å². The van der Waals surface area contributed by atoms with Crippen LogP contribution in [0.1, 0.15) is 36.8 Å². The topological polar surface area (TPSA) is 113 Å². The van der Waals surface area contributed by atoms with E-state index in [1.54, 1.807) is 0 Å². The summed E-state index contributed by atoms with van der Waals surface area (Å²) in [5.41, 5.74) is 4.32. The lowest BCUT2D eigenvalue weighted by molar-refractivity contribution is -0.139. The maximum Gasteiger partial charge on any atom is 0.407 e. The summed E-state index contributed by atoms with van der Waals surface area (Å²) < 4.78 is 5.38. The molecule has 164 valence electrons. The predicted molar refractivity (Wildman–Crippen MR) is 118 cm³/mol.